The number of anilines is 2. The number of thiazole rings is 1. The second kappa shape index (κ2) is 6.96. The zero-order valence-electron chi connectivity index (χ0n) is 13.5. The van der Waals surface area contributed by atoms with Crippen molar-refractivity contribution < 1.29 is 17.9 Å². The molecule has 0 saturated carbocycles. The van der Waals surface area contributed by atoms with Crippen molar-refractivity contribution in [3.63, 3.8) is 0 Å². The van der Waals surface area contributed by atoms with E-state index in [4.69, 9.17) is 16.3 Å². The van der Waals surface area contributed by atoms with Crippen molar-refractivity contribution in [1.82, 2.24) is 4.98 Å². The van der Waals surface area contributed by atoms with Gasteiger partial charge in [0, 0.05) is 12.1 Å². The Labute approximate surface area is 149 Å². The number of halogens is 1. The van der Waals surface area contributed by atoms with Gasteiger partial charge in [-0.15, -0.1) is 0 Å². The monoisotopic (exact) mass is 389 g/mol. The van der Waals surface area contributed by atoms with Crippen LogP contribution in [-0.2, 0) is 10.0 Å². The molecule has 7 nitrogen and oxygen atoms in total. The van der Waals surface area contributed by atoms with E-state index in [-0.39, 0.29) is 5.13 Å². The highest BCUT2D eigenvalue weighted by atomic mass is 35.5. The molecule has 0 aliphatic carbocycles. The number of hydrogen-bond acceptors (Lipinski definition) is 6. The highest BCUT2D eigenvalue weighted by Gasteiger charge is 2.22. The Bertz CT molecular complexity index is 880. The standard InChI is InChI=1S/C14H16ClN3O4S2/c1-8-12(23-14(16-8)18(2)24(4,20)21)13(19)17-10-7-9(15)5-6-11(10)22-3/h5-7H,1-4H3,(H,17,19). The zero-order chi connectivity index (χ0) is 18.1. The molecule has 0 fully saturated rings. The fourth-order valence-corrected chi connectivity index (χ4v) is 3.67. The number of nitrogens with one attached hydrogen (secondary N) is 1. The Kier molecular flexibility index (Phi) is 5.36. The minimum Gasteiger partial charge on any atom is -0.495 e. The number of hydrogen-bond donors (Lipinski definition) is 1. The number of aryl methyl sites for hydroxylation is 1. The molecular weight excluding hydrogens is 374 g/mol. The molecule has 1 aromatic carbocycles. The molecule has 24 heavy (non-hydrogen) atoms. The fraction of sp³-hybridized carbons (Fsp3) is 0.286. The summed E-state index contributed by atoms with van der Waals surface area (Å²) in [5, 5.41) is 3.37. The zero-order valence-corrected chi connectivity index (χ0v) is 15.8. The molecule has 2 rings (SSSR count). The lowest BCUT2D eigenvalue weighted by Crippen LogP contribution is -2.24. The van der Waals surface area contributed by atoms with Crippen LogP contribution in [0.1, 0.15) is 15.4 Å². The number of methoxy groups -OCH3 is 1. The van der Waals surface area contributed by atoms with E-state index < -0.39 is 15.9 Å². The molecule has 0 radical (unpaired) electrons. The summed E-state index contributed by atoms with van der Waals surface area (Å²) in [6.07, 6.45) is 1.07. The minimum absolute atomic E-state index is 0.221. The first-order valence-corrected chi connectivity index (χ1v) is 9.74. The van der Waals surface area contributed by atoms with Crippen LogP contribution in [0.5, 0.6) is 5.75 Å². The Morgan fingerprint density at radius 2 is 2.08 bits per heavy atom. The van der Waals surface area contributed by atoms with Crippen molar-refractivity contribution in [2.45, 2.75) is 6.92 Å². The summed E-state index contributed by atoms with van der Waals surface area (Å²) in [7, 11) is -0.582. The molecule has 0 saturated heterocycles. The number of amides is 1. The third-order valence-corrected chi connectivity index (χ3v) is 5.92. The second-order valence-corrected chi connectivity index (χ2v) is 8.37. The van der Waals surface area contributed by atoms with Crippen LogP contribution in [0.15, 0.2) is 18.2 Å². The van der Waals surface area contributed by atoms with Crippen LogP contribution in [0.25, 0.3) is 0 Å². The van der Waals surface area contributed by atoms with Gasteiger partial charge in [0.25, 0.3) is 5.91 Å². The van der Waals surface area contributed by atoms with Crippen molar-refractivity contribution in [2.75, 3.05) is 30.0 Å². The number of carbonyl (C=O) groups is 1. The van der Waals surface area contributed by atoms with Crippen LogP contribution < -0.4 is 14.4 Å². The van der Waals surface area contributed by atoms with E-state index in [2.05, 4.69) is 10.3 Å². The number of aromatic nitrogens is 1. The van der Waals surface area contributed by atoms with Gasteiger partial charge in [0.15, 0.2) is 5.13 Å². The van der Waals surface area contributed by atoms with E-state index in [1.165, 1.54) is 14.2 Å². The van der Waals surface area contributed by atoms with E-state index in [1.54, 1.807) is 25.1 Å². The molecule has 1 amide bonds. The van der Waals surface area contributed by atoms with Crippen molar-refractivity contribution in [1.29, 1.82) is 0 Å². The molecule has 10 heteroatoms. The molecule has 0 aliphatic rings. The summed E-state index contributed by atoms with van der Waals surface area (Å²) in [6, 6.07) is 4.85. The fourth-order valence-electron chi connectivity index (χ4n) is 1.83. The van der Waals surface area contributed by atoms with Crippen molar-refractivity contribution >= 4 is 49.7 Å². The Morgan fingerprint density at radius 3 is 2.67 bits per heavy atom. The first kappa shape index (κ1) is 18.5. The molecule has 0 aliphatic heterocycles. The summed E-state index contributed by atoms with van der Waals surface area (Å²) in [4.78, 5) is 16.9. The Hall–Kier alpha value is -1.84. The highest BCUT2D eigenvalue weighted by Crippen LogP contribution is 2.31. The lowest BCUT2D eigenvalue weighted by molar-refractivity contribution is 0.102. The Balaban J connectivity index is 2.32. The van der Waals surface area contributed by atoms with Gasteiger partial charge in [0.1, 0.15) is 10.6 Å². The average molecular weight is 390 g/mol. The molecule has 1 heterocycles. The van der Waals surface area contributed by atoms with E-state index in [0.29, 0.717) is 27.0 Å². The highest BCUT2D eigenvalue weighted by molar-refractivity contribution is 7.92. The topological polar surface area (TPSA) is 88.6 Å². The number of sulfonamides is 1. The predicted molar refractivity (Wildman–Crippen MR) is 96.1 cm³/mol. The Morgan fingerprint density at radius 1 is 1.42 bits per heavy atom. The van der Waals surface area contributed by atoms with Crippen LogP contribution in [-0.4, -0.2) is 39.7 Å². The maximum atomic E-state index is 12.5. The van der Waals surface area contributed by atoms with Gasteiger partial charge in [-0.3, -0.25) is 4.79 Å². The lowest BCUT2D eigenvalue weighted by Gasteiger charge is -2.11. The summed E-state index contributed by atoms with van der Waals surface area (Å²) < 4.78 is 29.4. The summed E-state index contributed by atoms with van der Waals surface area (Å²) in [6.45, 7) is 1.64. The third-order valence-electron chi connectivity index (χ3n) is 3.17. The van der Waals surface area contributed by atoms with Gasteiger partial charge in [0.05, 0.1) is 24.7 Å². The lowest BCUT2D eigenvalue weighted by atomic mass is 10.2. The predicted octanol–water partition coefficient (Wildman–Crippen LogP) is 2.76. The number of nitrogens with zero attached hydrogens (tertiary/aromatic N) is 2. The second-order valence-electron chi connectivity index (χ2n) is 4.94. The molecule has 0 bridgehead atoms. The summed E-state index contributed by atoms with van der Waals surface area (Å²) in [5.41, 5.74) is 0.852. The van der Waals surface area contributed by atoms with Gasteiger partial charge in [0.2, 0.25) is 10.0 Å². The van der Waals surface area contributed by atoms with Crippen LogP contribution in [0.3, 0.4) is 0 Å². The number of ether oxygens (including phenoxy) is 1. The van der Waals surface area contributed by atoms with E-state index in [0.717, 1.165) is 21.9 Å². The quantitative estimate of drug-likeness (QED) is 0.849. The molecule has 1 aromatic heterocycles. The molecule has 0 spiro atoms. The van der Waals surface area contributed by atoms with Crippen molar-refractivity contribution in [2.24, 2.45) is 0 Å². The minimum atomic E-state index is -3.45. The van der Waals surface area contributed by atoms with Gasteiger partial charge in [-0.05, 0) is 25.1 Å². The molecular formula is C14H16ClN3O4S2. The van der Waals surface area contributed by atoms with E-state index in [1.807, 2.05) is 0 Å². The van der Waals surface area contributed by atoms with Gasteiger partial charge in [-0.1, -0.05) is 22.9 Å². The molecule has 0 unspecified atom stereocenters. The van der Waals surface area contributed by atoms with Gasteiger partial charge in [-0.25, -0.2) is 17.7 Å². The van der Waals surface area contributed by atoms with Gasteiger partial charge < -0.3 is 10.1 Å². The smallest absolute Gasteiger partial charge is 0.267 e. The third kappa shape index (κ3) is 3.97. The molecule has 1 N–H and O–H groups in total. The SMILES string of the molecule is COc1ccc(Cl)cc1NC(=O)c1sc(N(C)S(C)(=O)=O)nc1C. The van der Waals surface area contributed by atoms with Crippen LogP contribution in [0, 0.1) is 6.92 Å². The van der Waals surface area contributed by atoms with E-state index in [9.17, 15) is 13.2 Å². The molecule has 0 atom stereocenters. The largest absolute Gasteiger partial charge is 0.495 e. The summed E-state index contributed by atoms with van der Waals surface area (Å²) >= 11 is 6.93. The first-order chi connectivity index (χ1) is 11.1. The van der Waals surface area contributed by atoms with Crippen LogP contribution in [0.4, 0.5) is 10.8 Å². The van der Waals surface area contributed by atoms with Gasteiger partial charge >= 0.3 is 0 Å². The molecule has 130 valence electrons. The number of benzene rings is 1. The first-order valence-electron chi connectivity index (χ1n) is 6.69. The summed E-state index contributed by atoms with van der Waals surface area (Å²) in [5.74, 6) is 0.0436. The maximum absolute atomic E-state index is 12.5. The molecule has 2 aromatic rings. The average Bonchev–Trinajstić information content (AvgIpc) is 2.87. The van der Waals surface area contributed by atoms with Gasteiger partial charge in [-0.2, -0.15) is 0 Å². The van der Waals surface area contributed by atoms with Crippen LogP contribution in [0.2, 0.25) is 5.02 Å². The van der Waals surface area contributed by atoms with Crippen molar-refractivity contribution in [3.8, 4) is 5.75 Å². The van der Waals surface area contributed by atoms with Crippen LogP contribution >= 0.6 is 22.9 Å². The number of carbonyl (C=O) groups excluding carboxylic acids is 1. The maximum Gasteiger partial charge on any atom is 0.267 e. The van der Waals surface area contributed by atoms with E-state index >= 15 is 0 Å². The van der Waals surface area contributed by atoms with Crippen molar-refractivity contribution in [3.05, 3.63) is 33.8 Å². The normalized spacial score (nSPS) is 11.2. The number of rotatable bonds is 5.